The molecule has 1 aliphatic carbocycles. The van der Waals surface area contributed by atoms with Crippen LogP contribution < -0.4 is 4.57 Å². The SMILES string of the molecule is [2H]C([2H])([2H])c1ccc2c(n1)oc1c(-c3cc(C([2H])([2H])C4CCCC4)cc[n+]3C)c(C)c3ccccc3c12. The minimum Gasteiger partial charge on any atom is -0.437 e. The molecular weight excluding hydrogens is 392 g/mol. The van der Waals surface area contributed by atoms with Gasteiger partial charge in [-0.1, -0.05) is 49.9 Å². The second-order valence-electron chi connectivity index (χ2n) is 8.94. The third-order valence-electron chi connectivity index (χ3n) is 6.89. The molecule has 3 aromatic heterocycles. The van der Waals surface area contributed by atoms with Crippen LogP contribution in [0.4, 0.5) is 0 Å². The summed E-state index contributed by atoms with van der Waals surface area (Å²) in [5.74, 6) is 0.0134. The standard InChI is InChI=1S/C29H29N2O/c1-18-12-13-24-27-23-11-7-6-10-22(23)19(2)26(28(27)32-29(24)30-18)25-17-21(14-15-31(25)3)16-20-8-4-5-9-20/h6-7,10-15,17,20H,4-5,8-9,16H2,1-3H3/q+1/i1D3,16D2. The van der Waals surface area contributed by atoms with Gasteiger partial charge in [0.05, 0.1) is 5.56 Å². The second kappa shape index (κ2) is 7.44. The van der Waals surface area contributed by atoms with Crippen molar-refractivity contribution in [3.05, 3.63) is 71.5 Å². The van der Waals surface area contributed by atoms with Crippen molar-refractivity contribution in [2.45, 2.75) is 45.8 Å². The lowest BCUT2D eigenvalue weighted by atomic mass is 9.92. The number of nitrogens with zero attached hydrogens (tertiary/aromatic N) is 2. The van der Waals surface area contributed by atoms with Gasteiger partial charge in [-0.15, -0.1) is 0 Å². The van der Waals surface area contributed by atoms with Crippen LogP contribution in [-0.2, 0) is 13.4 Å². The number of hydrogen-bond acceptors (Lipinski definition) is 2. The van der Waals surface area contributed by atoms with Gasteiger partial charge in [-0.05, 0) is 60.1 Å². The smallest absolute Gasteiger partial charge is 0.227 e. The van der Waals surface area contributed by atoms with Crippen LogP contribution in [0.1, 0.15) is 49.4 Å². The van der Waals surface area contributed by atoms with E-state index < -0.39 is 13.2 Å². The van der Waals surface area contributed by atoms with Crippen LogP contribution in [0.15, 0.2) is 59.1 Å². The highest BCUT2D eigenvalue weighted by molar-refractivity contribution is 6.22. The number of rotatable bonds is 3. The lowest BCUT2D eigenvalue weighted by Gasteiger charge is -2.12. The summed E-state index contributed by atoms with van der Waals surface area (Å²) < 4.78 is 49.7. The number of pyridine rings is 2. The molecule has 32 heavy (non-hydrogen) atoms. The van der Waals surface area contributed by atoms with E-state index in [0.29, 0.717) is 16.9 Å². The molecule has 0 aliphatic heterocycles. The molecule has 3 heterocycles. The molecule has 0 N–H and O–H groups in total. The molecule has 1 fully saturated rings. The Morgan fingerprint density at radius 3 is 2.72 bits per heavy atom. The van der Waals surface area contributed by atoms with Crippen molar-refractivity contribution in [3.63, 3.8) is 0 Å². The molecule has 0 radical (unpaired) electrons. The van der Waals surface area contributed by atoms with Gasteiger partial charge < -0.3 is 4.42 Å². The molecule has 0 unspecified atom stereocenters. The molecule has 0 saturated heterocycles. The van der Waals surface area contributed by atoms with Crippen LogP contribution in [0.2, 0.25) is 0 Å². The van der Waals surface area contributed by atoms with Crippen LogP contribution in [0.3, 0.4) is 0 Å². The van der Waals surface area contributed by atoms with Gasteiger partial charge in [0.15, 0.2) is 11.8 Å². The first-order chi connectivity index (χ1) is 17.6. The van der Waals surface area contributed by atoms with E-state index in [9.17, 15) is 0 Å². The minimum absolute atomic E-state index is 0.000976. The molecule has 1 saturated carbocycles. The average Bonchev–Trinajstić information content (AvgIpc) is 3.53. The number of hydrogen-bond donors (Lipinski definition) is 0. The Kier molecular flexibility index (Phi) is 3.44. The van der Waals surface area contributed by atoms with Gasteiger partial charge >= 0.3 is 0 Å². The van der Waals surface area contributed by atoms with Gasteiger partial charge in [-0.3, -0.25) is 0 Å². The van der Waals surface area contributed by atoms with E-state index >= 15 is 0 Å². The summed E-state index contributed by atoms with van der Waals surface area (Å²) in [5.41, 5.74) is 4.34. The van der Waals surface area contributed by atoms with Gasteiger partial charge in [0.2, 0.25) is 11.4 Å². The molecule has 0 spiro atoms. The Labute approximate surface area is 195 Å². The summed E-state index contributed by atoms with van der Waals surface area (Å²) in [6.45, 7) is -0.273. The van der Waals surface area contributed by atoms with E-state index in [1.165, 1.54) is 0 Å². The summed E-state index contributed by atoms with van der Waals surface area (Å²) >= 11 is 0. The van der Waals surface area contributed by atoms with Crippen molar-refractivity contribution in [3.8, 4) is 11.3 Å². The van der Waals surface area contributed by atoms with Crippen LogP contribution >= 0.6 is 0 Å². The summed E-state index contributed by atoms with van der Waals surface area (Å²) in [5, 5.41) is 3.73. The highest BCUT2D eigenvalue weighted by Gasteiger charge is 2.25. The number of benzene rings is 2. The molecule has 0 atom stereocenters. The topological polar surface area (TPSA) is 29.9 Å². The second-order valence-corrected chi connectivity index (χ2v) is 8.94. The van der Waals surface area contributed by atoms with Crippen molar-refractivity contribution in [2.24, 2.45) is 13.0 Å². The van der Waals surface area contributed by atoms with Crippen LogP contribution in [0.25, 0.3) is 44.1 Å². The third kappa shape index (κ3) is 3.02. The monoisotopic (exact) mass is 426 g/mol. The predicted molar refractivity (Wildman–Crippen MR) is 131 cm³/mol. The average molecular weight is 427 g/mol. The lowest BCUT2D eigenvalue weighted by molar-refractivity contribution is -0.660. The molecule has 6 rings (SSSR count). The molecule has 2 aromatic carbocycles. The van der Waals surface area contributed by atoms with Gasteiger partial charge in [0, 0.05) is 35.5 Å². The van der Waals surface area contributed by atoms with Crippen molar-refractivity contribution in [1.29, 1.82) is 0 Å². The minimum atomic E-state index is -2.33. The van der Waals surface area contributed by atoms with Crippen LogP contribution in [-0.4, -0.2) is 4.98 Å². The van der Waals surface area contributed by atoms with Gasteiger partial charge in [-0.25, -0.2) is 9.55 Å². The summed E-state index contributed by atoms with van der Waals surface area (Å²) in [6, 6.07) is 15.3. The molecule has 0 bridgehead atoms. The van der Waals surface area contributed by atoms with Crippen molar-refractivity contribution in [2.75, 3.05) is 0 Å². The maximum absolute atomic E-state index is 8.98. The zero-order chi connectivity index (χ0) is 26.1. The van der Waals surface area contributed by atoms with Crippen molar-refractivity contribution < 1.29 is 15.8 Å². The number of fused-ring (bicyclic) bond motifs is 5. The van der Waals surface area contributed by atoms with E-state index in [0.717, 1.165) is 64.0 Å². The van der Waals surface area contributed by atoms with Gasteiger partial charge in [0.1, 0.15) is 7.05 Å². The molecule has 0 amide bonds. The quantitative estimate of drug-likeness (QED) is 0.291. The van der Waals surface area contributed by atoms with Gasteiger partial charge in [0.25, 0.3) is 0 Å². The predicted octanol–water partition coefficient (Wildman–Crippen LogP) is 6.98. The Hall–Kier alpha value is -3.20. The summed E-state index contributed by atoms with van der Waals surface area (Å²) in [6.07, 6.45) is 4.46. The number of aromatic nitrogens is 2. The Morgan fingerprint density at radius 2 is 1.91 bits per heavy atom. The first kappa shape index (κ1) is 14.8. The fourth-order valence-corrected chi connectivity index (χ4v) is 5.28. The van der Waals surface area contributed by atoms with Crippen LogP contribution in [0, 0.1) is 19.7 Å². The first-order valence-electron chi connectivity index (χ1n) is 13.8. The summed E-state index contributed by atoms with van der Waals surface area (Å²) in [7, 11) is 1.96. The summed E-state index contributed by atoms with van der Waals surface area (Å²) in [4.78, 5) is 4.39. The van der Waals surface area contributed by atoms with Crippen molar-refractivity contribution in [1.82, 2.24) is 4.98 Å². The largest absolute Gasteiger partial charge is 0.437 e. The molecule has 3 heteroatoms. The molecule has 5 aromatic rings. The zero-order valence-electron chi connectivity index (χ0n) is 23.4. The van der Waals surface area contributed by atoms with E-state index in [4.69, 9.17) is 11.3 Å². The maximum Gasteiger partial charge on any atom is 0.227 e. The normalized spacial score (nSPS) is 18.0. The van der Waals surface area contributed by atoms with Crippen LogP contribution in [0.5, 0.6) is 0 Å². The Morgan fingerprint density at radius 1 is 1.09 bits per heavy atom. The van der Waals surface area contributed by atoms with E-state index in [2.05, 4.69) is 24.0 Å². The Balaban J connectivity index is 1.68. The first-order valence-corrected chi connectivity index (χ1v) is 11.3. The lowest BCUT2D eigenvalue weighted by Crippen LogP contribution is -2.31. The van der Waals surface area contributed by atoms with E-state index in [-0.39, 0.29) is 11.6 Å². The van der Waals surface area contributed by atoms with Gasteiger partial charge in [-0.2, -0.15) is 0 Å². The van der Waals surface area contributed by atoms with Crippen molar-refractivity contribution >= 4 is 32.8 Å². The fraction of sp³-hybridized carbons (Fsp3) is 0.310. The zero-order valence-corrected chi connectivity index (χ0v) is 18.4. The fourth-order valence-electron chi connectivity index (χ4n) is 5.28. The third-order valence-corrected chi connectivity index (χ3v) is 6.89. The van der Waals surface area contributed by atoms with E-state index in [1.54, 1.807) is 12.1 Å². The molecule has 160 valence electrons. The number of aryl methyl sites for hydroxylation is 3. The Bertz CT molecular complexity index is 1680. The molecule has 1 aliphatic rings. The maximum atomic E-state index is 8.98. The highest BCUT2D eigenvalue weighted by Crippen LogP contribution is 2.42. The molecule has 3 nitrogen and oxygen atoms in total. The molecular formula is C29H29N2O+. The van der Waals surface area contributed by atoms with E-state index in [1.807, 2.05) is 42.1 Å². The number of furan rings is 1. The highest BCUT2D eigenvalue weighted by atomic mass is 16.3.